The summed E-state index contributed by atoms with van der Waals surface area (Å²) < 4.78 is 0.597. The molecule has 5 heteroatoms. The molecule has 0 radical (unpaired) electrons. The van der Waals surface area contributed by atoms with E-state index in [-0.39, 0.29) is 0 Å². The van der Waals surface area contributed by atoms with Crippen molar-refractivity contribution in [2.75, 3.05) is 5.73 Å². The van der Waals surface area contributed by atoms with Crippen LogP contribution in [0.3, 0.4) is 0 Å². The number of nitrogens with two attached hydrogens (primary N) is 1. The van der Waals surface area contributed by atoms with Gasteiger partial charge in [-0.05, 0) is 24.6 Å². The maximum atomic E-state index is 5.85. The number of halogens is 1. The molecule has 0 saturated carbocycles. The summed E-state index contributed by atoms with van der Waals surface area (Å²) in [5, 5.41) is 0. The van der Waals surface area contributed by atoms with Crippen LogP contribution < -0.4 is 5.73 Å². The normalized spacial score (nSPS) is 10.6. The predicted molar refractivity (Wildman–Crippen MR) is 72.3 cm³/mol. The fourth-order valence-corrected chi connectivity index (χ4v) is 3.35. The predicted octanol–water partition coefficient (Wildman–Crippen LogP) is 3.98. The highest BCUT2D eigenvalue weighted by Crippen LogP contribution is 2.31. The van der Waals surface area contributed by atoms with Crippen LogP contribution >= 0.6 is 34.7 Å². The molecule has 16 heavy (non-hydrogen) atoms. The Balaban J connectivity index is 2.07. The SMILES string of the molecule is Cc1c(N)cccc1SCc1cnc(Cl)s1. The zero-order chi connectivity index (χ0) is 11.5. The van der Waals surface area contributed by atoms with Gasteiger partial charge in [0, 0.05) is 27.4 Å². The Hall–Kier alpha value is -0.710. The van der Waals surface area contributed by atoms with Gasteiger partial charge in [0.15, 0.2) is 4.47 Å². The number of hydrogen-bond donors (Lipinski definition) is 1. The molecule has 1 heterocycles. The van der Waals surface area contributed by atoms with Gasteiger partial charge in [-0.1, -0.05) is 17.7 Å². The summed E-state index contributed by atoms with van der Waals surface area (Å²) in [6.07, 6.45) is 1.82. The van der Waals surface area contributed by atoms with Gasteiger partial charge < -0.3 is 5.73 Å². The van der Waals surface area contributed by atoms with Crippen molar-refractivity contribution in [3.63, 3.8) is 0 Å². The zero-order valence-corrected chi connectivity index (χ0v) is 11.1. The molecule has 0 unspecified atom stereocenters. The van der Waals surface area contributed by atoms with Crippen molar-refractivity contribution >= 4 is 40.4 Å². The highest BCUT2D eigenvalue weighted by atomic mass is 35.5. The summed E-state index contributed by atoms with van der Waals surface area (Å²) in [5.41, 5.74) is 7.83. The molecule has 0 saturated heterocycles. The molecule has 0 spiro atoms. The van der Waals surface area contributed by atoms with Gasteiger partial charge in [0.1, 0.15) is 0 Å². The number of hydrogen-bond acceptors (Lipinski definition) is 4. The second-order valence-electron chi connectivity index (χ2n) is 3.34. The van der Waals surface area contributed by atoms with E-state index in [0.717, 1.165) is 17.0 Å². The number of rotatable bonds is 3. The molecule has 2 N–H and O–H groups in total. The lowest BCUT2D eigenvalue weighted by Gasteiger charge is -2.06. The zero-order valence-electron chi connectivity index (χ0n) is 8.74. The monoisotopic (exact) mass is 270 g/mol. The van der Waals surface area contributed by atoms with Gasteiger partial charge in [-0.15, -0.1) is 23.1 Å². The second kappa shape index (κ2) is 5.08. The van der Waals surface area contributed by atoms with Crippen LogP contribution in [0.5, 0.6) is 0 Å². The van der Waals surface area contributed by atoms with E-state index in [9.17, 15) is 0 Å². The van der Waals surface area contributed by atoms with Crippen LogP contribution in [-0.2, 0) is 5.75 Å². The fourth-order valence-electron chi connectivity index (χ4n) is 1.29. The van der Waals surface area contributed by atoms with Gasteiger partial charge in [0.05, 0.1) is 0 Å². The third-order valence-corrected chi connectivity index (χ3v) is 4.73. The summed E-state index contributed by atoms with van der Waals surface area (Å²) in [4.78, 5) is 6.40. The smallest absolute Gasteiger partial charge is 0.183 e. The molecule has 0 amide bonds. The standard InChI is InChI=1S/C11H11ClN2S2/c1-7-9(13)3-2-4-10(7)15-6-8-5-14-11(12)16-8/h2-5H,6,13H2,1H3. The fraction of sp³-hybridized carbons (Fsp3) is 0.182. The molecule has 0 bridgehead atoms. The lowest BCUT2D eigenvalue weighted by molar-refractivity contribution is 1.29. The molecule has 0 aliphatic heterocycles. The van der Waals surface area contributed by atoms with Gasteiger partial charge in [0.2, 0.25) is 0 Å². The quantitative estimate of drug-likeness (QED) is 0.677. The largest absolute Gasteiger partial charge is 0.398 e. The maximum Gasteiger partial charge on any atom is 0.183 e. The Morgan fingerprint density at radius 3 is 3.00 bits per heavy atom. The van der Waals surface area contributed by atoms with Crippen molar-refractivity contribution in [2.24, 2.45) is 0 Å². The van der Waals surface area contributed by atoms with Gasteiger partial charge in [-0.25, -0.2) is 4.98 Å². The number of aromatic nitrogens is 1. The summed E-state index contributed by atoms with van der Waals surface area (Å²) in [6.45, 7) is 2.04. The molecule has 1 aromatic heterocycles. The Kier molecular flexibility index (Phi) is 3.74. The van der Waals surface area contributed by atoms with Crippen molar-refractivity contribution in [3.05, 3.63) is 39.3 Å². The molecule has 2 nitrogen and oxygen atoms in total. The third-order valence-electron chi connectivity index (χ3n) is 2.22. The van der Waals surface area contributed by atoms with Crippen molar-refractivity contribution in [1.29, 1.82) is 0 Å². The van der Waals surface area contributed by atoms with E-state index < -0.39 is 0 Å². The Morgan fingerprint density at radius 1 is 1.50 bits per heavy atom. The first-order valence-electron chi connectivity index (χ1n) is 4.75. The number of benzene rings is 1. The van der Waals surface area contributed by atoms with Crippen LogP contribution in [0.1, 0.15) is 10.4 Å². The van der Waals surface area contributed by atoms with Crippen molar-refractivity contribution < 1.29 is 0 Å². The molecule has 2 rings (SSSR count). The van der Waals surface area contributed by atoms with E-state index in [2.05, 4.69) is 11.1 Å². The highest BCUT2D eigenvalue weighted by molar-refractivity contribution is 7.98. The van der Waals surface area contributed by atoms with Crippen LogP contribution in [0.25, 0.3) is 0 Å². The topological polar surface area (TPSA) is 38.9 Å². The minimum absolute atomic E-state index is 0.597. The molecular weight excluding hydrogens is 260 g/mol. The Labute approximate surface area is 108 Å². The van der Waals surface area contributed by atoms with E-state index in [1.54, 1.807) is 11.8 Å². The lowest BCUT2D eigenvalue weighted by atomic mass is 10.2. The van der Waals surface area contributed by atoms with Crippen LogP contribution in [0.15, 0.2) is 29.3 Å². The van der Waals surface area contributed by atoms with E-state index >= 15 is 0 Å². The van der Waals surface area contributed by atoms with Crippen molar-refractivity contribution in [1.82, 2.24) is 4.98 Å². The number of thiazole rings is 1. The van der Waals surface area contributed by atoms with Gasteiger partial charge in [0.25, 0.3) is 0 Å². The summed E-state index contributed by atoms with van der Waals surface area (Å²) >= 11 is 9.06. The summed E-state index contributed by atoms with van der Waals surface area (Å²) in [6, 6.07) is 5.98. The molecule has 84 valence electrons. The molecular formula is C11H11ClN2S2. The molecule has 0 aliphatic rings. The first kappa shape index (κ1) is 11.8. The minimum atomic E-state index is 0.597. The number of anilines is 1. The van der Waals surface area contributed by atoms with E-state index in [4.69, 9.17) is 17.3 Å². The van der Waals surface area contributed by atoms with Crippen LogP contribution in [-0.4, -0.2) is 4.98 Å². The van der Waals surface area contributed by atoms with E-state index in [1.165, 1.54) is 21.1 Å². The van der Waals surface area contributed by atoms with Gasteiger partial charge in [-0.2, -0.15) is 0 Å². The average molecular weight is 271 g/mol. The summed E-state index contributed by atoms with van der Waals surface area (Å²) in [5.74, 6) is 0.884. The van der Waals surface area contributed by atoms with Crippen LogP contribution in [0, 0.1) is 6.92 Å². The Bertz CT molecular complexity index is 496. The van der Waals surface area contributed by atoms with Crippen molar-refractivity contribution in [2.45, 2.75) is 17.6 Å². The van der Waals surface area contributed by atoms with Crippen LogP contribution in [0.2, 0.25) is 4.47 Å². The molecule has 0 aliphatic carbocycles. The van der Waals surface area contributed by atoms with E-state index in [1.807, 2.05) is 25.3 Å². The molecule has 2 aromatic rings. The molecule has 1 aromatic carbocycles. The van der Waals surface area contributed by atoms with Gasteiger partial charge >= 0.3 is 0 Å². The number of nitrogens with zero attached hydrogens (tertiary/aromatic N) is 1. The highest BCUT2D eigenvalue weighted by Gasteiger charge is 2.04. The minimum Gasteiger partial charge on any atom is -0.398 e. The maximum absolute atomic E-state index is 5.85. The lowest BCUT2D eigenvalue weighted by Crippen LogP contribution is -1.90. The van der Waals surface area contributed by atoms with Crippen LogP contribution in [0.4, 0.5) is 5.69 Å². The second-order valence-corrected chi connectivity index (χ2v) is 6.05. The first-order chi connectivity index (χ1) is 7.66. The number of nitrogen functional groups attached to an aromatic ring is 1. The Morgan fingerprint density at radius 2 is 2.31 bits per heavy atom. The third kappa shape index (κ3) is 2.70. The molecule has 0 fully saturated rings. The number of thioether (sulfide) groups is 1. The summed E-state index contributed by atoms with van der Waals surface area (Å²) in [7, 11) is 0. The first-order valence-corrected chi connectivity index (χ1v) is 6.93. The van der Waals surface area contributed by atoms with E-state index in [0.29, 0.717) is 4.47 Å². The molecule has 0 atom stereocenters. The van der Waals surface area contributed by atoms with Gasteiger partial charge in [-0.3, -0.25) is 0 Å². The van der Waals surface area contributed by atoms with Crippen molar-refractivity contribution in [3.8, 4) is 0 Å². The average Bonchev–Trinajstić information content (AvgIpc) is 2.67.